The fourth-order valence-electron chi connectivity index (χ4n) is 2.86. The molecule has 0 aliphatic carbocycles. The quantitative estimate of drug-likeness (QED) is 0.185. The molecule has 14 nitrogen and oxygen atoms in total. The van der Waals surface area contributed by atoms with Crippen LogP contribution in [0.5, 0.6) is 0 Å². The van der Waals surface area contributed by atoms with Crippen molar-refractivity contribution in [2.45, 2.75) is 51.0 Å². The lowest BCUT2D eigenvalue weighted by Crippen LogP contribution is -2.48. The fraction of sp³-hybridized carbons (Fsp3) is 0.647. The number of nitrogens with two attached hydrogens (primary N) is 2. The van der Waals surface area contributed by atoms with E-state index in [0.29, 0.717) is 0 Å². The average Bonchev–Trinajstić information content (AvgIpc) is 2.99. The second-order valence-corrected chi connectivity index (χ2v) is 7.53. The zero-order chi connectivity index (χ0) is 26.4. The van der Waals surface area contributed by atoms with E-state index < -0.39 is 60.4 Å². The minimum Gasteiger partial charge on any atom is -0.475 e. The predicted octanol–water partition coefficient (Wildman–Crippen LogP) is 0.518. The van der Waals surface area contributed by atoms with Crippen LogP contribution < -0.4 is 17.2 Å². The number of nitrogens with zero attached hydrogens (tertiary/aromatic N) is 5. The van der Waals surface area contributed by atoms with E-state index in [1.165, 1.54) is 12.3 Å². The van der Waals surface area contributed by atoms with Crippen LogP contribution in [0.4, 0.5) is 19.0 Å². The summed E-state index contributed by atoms with van der Waals surface area (Å²) in [6.07, 6.45) is -5.92. The summed E-state index contributed by atoms with van der Waals surface area (Å²) < 4.78 is 44.0. The van der Waals surface area contributed by atoms with Crippen molar-refractivity contribution in [3.8, 4) is 0 Å². The van der Waals surface area contributed by atoms with Gasteiger partial charge in [-0.15, -0.1) is 0 Å². The smallest absolute Gasteiger partial charge is 0.475 e. The first-order chi connectivity index (χ1) is 15.6. The molecule has 1 fully saturated rings. The van der Waals surface area contributed by atoms with Gasteiger partial charge >= 0.3 is 23.8 Å². The van der Waals surface area contributed by atoms with E-state index in [1.54, 1.807) is 20.8 Å². The maximum atomic E-state index is 12.3. The van der Waals surface area contributed by atoms with Crippen LogP contribution in [0.3, 0.4) is 0 Å². The first-order valence-corrected chi connectivity index (χ1v) is 9.57. The van der Waals surface area contributed by atoms with Crippen molar-refractivity contribution in [3.63, 3.8) is 0 Å². The van der Waals surface area contributed by atoms with Crippen molar-refractivity contribution in [1.82, 2.24) is 9.55 Å². The number of nitrogen functional groups attached to an aromatic ring is 1. The van der Waals surface area contributed by atoms with Crippen LogP contribution in [0.15, 0.2) is 22.2 Å². The number of rotatable bonds is 6. The molecule has 5 atom stereocenters. The number of carbonyl (C=O) groups is 2. The molecule has 0 spiro atoms. The molecule has 17 heteroatoms. The number of aliphatic carboxylic acids is 1. The van der Waals surface area contributed by atoms with Gasteiger partial charge in [-0.3, -0.25) is 9.36 Å². The summed E-state index contributed by atoms with van der Waals surface area (Å²) in [5.74, 6) is -4.34. The van der Waals surface area contributed by atoms with Crippen LogP contribution in [0, 0.1) is 11.8 Å². The normalized spacial score (nSPS) is 25.0. The van der Waals surface area contributed by atoms with Crippen LogP contribution in [-0.4, -0.2) is 62.4 Å². The minimum atomic E-state index is -5.08. The van der Waals surface area contributed by atoms with Crippen LogP contribution in [0.1, 0.15) is 27.0 Å². The zero-order valence-electron chi connectivity index (χ0n) is 18.2. The highest BCUT2D eigenvalue weighted by Gasteiger charge is 2.56. The molecule has 0 bridgehead atoms. The van der Waals surface area contributed by atoms with Gasteiger partial charge in [0.1, 0.15) is 24.2 Å². The molecule has 1 unspecified atom stereocenters. The summed E-state index contributed by atoms with van der Waals surface area (Å²) in [5, 5.41) is 20.5. The van der Waals surface area contributed by atoms with Gasteiger partial charge in [0.15, 0.2) is 0 Å². The summed E-state index contributed by atoms with van der Waals surface area (Å²) in [6, 6.07) is 0.472. The number of hydrogen-bond acceptors (Lipinski definition) is 10. The first-order valence-electron chi connectivity index (χ1n) is 9.57. The Kier molecular flexibility index (Phi) is 9.39. The molecule has 0 aromatic carbocycles. The van der Waals surface area contributed by atoms with Gasteiger partial charge in [0.25, 0.3) is 0 Å². The maximum Gasteiger partial charge on any atom is 0.490 e. The summed E-state index contributed by atoms with van der Waals surface area (Å²) in [4.78, 5) is 39.7. The number of ether oxygens (including phenoxy) is 2. The van der Waals surface area contributed by atoms with Gasteiger partial charge in [-0.05, 0) is 17.5 Å². The third kappa shape index (κ3) is 6.57. The standard InChI is InChI=1S/C15H23N7O5.C2HF3O2/c1-7(2)10(17)13(24)26-11-8(3)12(27-15(11,6-23)20-21-18)22-5-4-9(16)19-14(22)25;3-2(4,5)1(6)7/h4-5,7-8,10-12,23H,6,17H2,1-3H3,(H2,16,19,25);(H,6,7)/t8-,10+,11+,12-,15?;/m1./s1. The molecule has 0 radical (unpaired) electrons. The number of aromatic nitrogens is 2. The molecule has 1 saturated heterocycles. The van der Waals surface area contributed by atoms with Gasteiger partial charge in [-0.1, -0.05) is 25.9 Å². The Hall–Kier alpha value is -3.40. The van der Waals surface area contributed by atoms with E-state index in [0.717, 1.165) is 4.57 Å². The number of aliphatic hydroxyl groups is 1. The van der Waals surface area contributed by atoms with Crippen molar-refractivity contribution >= 4 is 17.8 Å². The number of carboxylic acid groups (broad SMARTS) is 1. The fourth-order valence-corrected chi connectivity index (χ4v) is 2.86. The molecule has 2 rings (SSSR count). The van der Waals surface area contributed by atoms with Crippen molar-refractivity contribution in [1.29, 1.82) is 0 Å². The molecule has 190 valence electrons. The van der Waals surface area contributed by atoms with Crippen LogP contribution in [0.2, 0.25) is 0 Å². The van der Waals surface area contributed by atoms with Crippen molar-refractivity contribution in [2.24, 2.45) is 22.7 Å². The molecule has 34 heavy (non-hydrogen) atoms. The average molecular weight is 495 g/mol. The van der Waals surface area contributed by atoms with Crippen molar-refractivity contribution in [3.05, 3.63) is 33.2 Å². The van der Waals surface area contributed by atoms with E-state index in [1.807, 2.05) is 0 Å². The van der Waals surface area contributed by atoms with E-state index in [9.17, 15) is 27.9 Å². The van der Waals surface area contributed by atoms with Gasteiger partial charge in [0.05, 0.1) is 6.61 Å². The number of carboxylic acids is 1. The number of esters is 1. The third-order valence-corrected chi connectivity index (χ3v) is 4.74. The summed E-state index contributed by atoms with van der Waals surface area (Å²) in [6.45, 7) is 4.34. The monoisotopic (exact) mass is 495 g/mol. The van der Waals surface area contributed by atoms with Gasteiger partial charge in [-0.2, -0.15) is 18.2 Å². The Morgan fingerprint density at radius 3 is 2.44 bits per heavy atom. The highest BCUT2D eigenvalue weighted by atomic mass is 19.4. The predicted molar refractivity (Wildman–Crippen MR) is 108 cm³/mol. The lowest BCUT2D eigenvalue weighted by molar-refractivity contribution is -0.192. The number of azide groups is 1. The Morgan fingerprint density at radius 2 is 2.03 bits per heavy atom. The van der Waals surface area contributed by atoms with Crippen LogP contribution >= 0.6 is 0 Å². The molecule has 1 aliphatic heterocycles. The Labute approximate surface area is 189 Å². The van der Waals surface area contributed by atoms with E-state index in [-0.39, 0.29) is 11.7 Å². The summed E-state index contributed by atoms with van der Waals surface area (Å²) >= 11 is 0. The number of anilines is 1. The highest BCUT2D eigenvalue weighted by Crippen LogP contribution is 2.43. The molecular weight excluding hydrogens is 471 g/mol. The lowest BCUT2D eigenvalue weighted by Gasteiger charge is -2.29. The van der Waals surface area contributed by atoms with Crippen molar-refractivity contribution < 1.29 is 42.4 Å². The van der Waals surface area contributed by atoms with Gasteiger partial charge < -0.3 is 31.2 Å². The second kappa shape index (κ2) is 11.1. The molecule has 0 amide bonds. The second-order valence-electron chi connectivity index (χ2n) is 7.53. The summed E-state index contributed by atoms with van der Waals surface area (Å²) in [5.41, 5.74) is 17.6. The molecule has 1 aromatic rings. The van der Waals surface area contributed by atoms with E-state index in [2.05, 4.69) is 15.0 Å². The number of alkyl halides is 3. The topological polar surface area (TPSA) is 229 Å². The summed E-state index contributed by atoms with van der Waals surface area (Å²) in [7, 11) is 0. The maximum absolute atomic E-state index is 12.3. The Morgan fingerprint density at radius 1 is 1.47 bits per heavy atom. The highest BCUT2D eigenvalue weighted by molar-refractivity contribution is 5.76. The number of aliphatic hydroxyl groups excluding tert-OH is 1. The number of hydrogen-bond donors (Lipinski definition) is 4. The molecular formula is C17H24F3N7O7. The Bertz CT molecular complexity index is 996. The molecule has 0 saturated carbocycles. The Balaban J connectivity index is 0.000000718. The van der Waals surface area contributed by atoms with Crippen molar-refractivity contribution in [2.75, 3.05) is 12.3 Å². The zero-order valence-corrected chi connectivity index (χ0v) is 18.2. The van der Waals surface area contributed by atoms with E-state index in [4.69, 9.17) is 36.4 Å². The van der Waals surface area contributed by atoms with E-state index >= 15 is 0 Å². The van der Waals surface area contributed by atoms with Gasteiger partial charge in [0.2, 0.25) is 5.72 Å². The molecule has 6 N–H and O–H groups in total. The first kappa shape index (κ1) is 28.6. The van der Waals surface area contributed by atoms with Gasteiger partial charge in [0, 0.05) is 17.0 Å². The van der Waals surface area contributed by atoms with Crippen LogP contribution in [-0.2, 0) is 19.1 Å². The molecule has 2 heterocycles. The molecule has 1 aliphatic rings. The van der Waals surface area contributed by atoms with Gasteiger partial charge in [-0.25, -0.2) is 9.59 Å². The van der Waals surface area contributed by atoms with Crippen LogP contribution in [0.25, 0.3) is 10.4 Å². The molecule has 1 aromatic heterocycles. The SMILES string of the molecule is CC(C)[C@H](N)C(=O)O[C@H]1[C@@H](C)[C@H](n2ccc(N)nc2=O)OC1(CO)N=[N+]=[N-].O=C(O)C(F)(F)F. The third-order valence-electron chi connectivity index (χ3n) is 4.74. The number of halogens is 3. The minimum absolute atomic E-state index is 0.0243. The number of carbonyl (C=O) groups excluding carboxylic acids is 1. The largest absolute Gasteiger partial charge is 0.490 e. The lowest BCUT2D eigenvalue weighted by atomic mass is 9.97.